The average molecular weight is 445 g/mol. The molecule has 1 aliphatic heterocycles. The largest absolute Gasteiger partial charge is 0.496 e. The summed E-state index contributed by atoms with van der Waals surface area (Å²) in [5.74, 6) is 0.759. The summed E-state index contributed by atoms with van der Waals surface area (Å²) < 4.78 is 33.0. The minimum Gasteiger partial charge on any atom is -0.496 e. The summed E-state index contributed by atoms with van der Waals surface area (Å²) in [4.78, 5) is 12.7. The molecule has 1 atom stereocenters. The van der Waals surface area contributed by atoms with Crippen LogP contribution >= 0.6 is 0 Å². The Labute approximate surface area is 185 Å². The van der Waals surface area contributed by atoms with Gasteiger partial charge in [-0.3, -0.25) is 4.79 Å². The molecule has 0 bridgehead atoms. The Kier molecular flexibility index (Phi) is 8.09. The van der Waals surface area contributed by atoms with Crippen molar-refractivity contribution in [2.45, 2.75) is 49.8 Å². The number of hydrogen-bond acceptors (Lipinski definition) is 4. The second-order valence-corrected chi connectivity index (χ2v) is 9.99. The summed E-state index contributed by atoms with van der Waals surface area (Å²) in [6.07, 6.45) is 3.54. The summed E-state index contributed by atoms with van der Waals surface area (Å²) in [6.45, 7) is 3.76. The smallest absolute Gasteiger partial charge is 0.243 e. The van der Waals surface area contributed by atoms with Crippen LogP contribution in [0.25, 0.3) is 0 Å². The van der Waals surface area contributed by atoms with Gasteiger partial charge in [-0.25, -0.2) is 8.42 Å². The number of carbonyl (C=O) groups is 1. The molecule has 1 unspecified atom stereocenters. The molecule has 6 nitrogen and oxygen atoms in total. The molecule has 1 amide bonds. The van der Waals surface area contributed by atoms with E-state index in [0.29, 0.717) is 31.8 Å². The van der Waals surface area contributed by atoms with Gasteiger partial charge in [-0.05, 0) is 54.5 Å². The summed E-state index contributed by atoms with van der Waals surface area (Å²) in [7, 11) is -1.97. The van der Waals surface area contributed by atoms with Crippen LogP contribution in [0.3, 0.4) is 0 Å². The second kappa shape index (κ2) is 10.8. The van der Waals surface area contributed by atoms with Crippen LogP contribution in [0.5, 0.6) is 5.75 Å². The molecule has 0 radical (unpaired) electrons. The van der Waals surface area contributed by atoms with Gasteiger partial charge in [0, 0.05) is 26.1 Å². The molecule has 0 aromatic heterocycles. The standard InChI is InChI=1S/C24H32N2O4S/c1-19(20-9-5-3-6-10-20)18-25-24(27)14-11-21-17-22(12-13-23(21)30-2)31(28,29)26-15-7-4-8-16-26/h3,5-6,9-10,12-13,17,19H,4,7-8,11,14-16,18H2,1-2H3,(H,25,27). The van der Waals surface area contributed by atoms with E-state index in [-0.39, 0.29) is 23.1 Å². The lowest BCUT2D eigenvalue weighted by molar-refractivity contribution is -0.121. The number of hydrogen-bond donors (Lipinski definition) is 1. The molecule has 1 fully saturated rings. The number of ether oxygens (including phenoxy) is 1. The molecule has 0 spiro atoms. The number of piperidine rings is 1. The molecular formula is C24H32N2O4S. The topological polar surface area (TPSA) is 75.7 Å². The third kappa shape index (κ3) is 6.08. The molecule has 168 valence electrons. The Hall–Kier alpha value is -2.38. The maximum Gasteiger partial charge on any atom is 0.243 e. The minimum atomic E-state index is -3.52. The number of rotatable bonds is 9. The Balaban J connectivity index is 1.62. The highest BCUT2D eigenvalue weighted by Crippen LogP contribution is 2.27. The van der Waals surface area contributed by atoms with E-state index in [1.54, 1.807) is 29.6 Å². The molecule has 1 heterocycles. The molecule has 2 aromatic carbocycles. The molecule has 0 aliphatic carbocycles. The zero-order valence-electron chi connectivity index (χ0n) is 18.3. The summed E-state index contributed by atoms with van der Waals surface area (Å²) >= 11 is 0. The van der Waals surface area contributed by atoms with Crippen molar-refractivity contribution in [3.05, 3.63) is 59.7 Å². The predicted octanol–water partition coefficient (Wildman–Crippen LogP) is 3.72. The number of benzene rings is 2. The minimum absolute atomic E-state index is 0.0610. The lowest BCUT2D eigenvalue weighted by Crippen LogP contribution is -2.35. The normalized spacial score (nSPS) is 15.9. The molecule has 2 aromatic rings. The third-order valence-electron chi connectivity index (χ3n) is 5.80. The Morgan fingerprint density at radius 2 is 1.81 bits per heavy atom. The fourth-order valence-corrected chi connectivity index (χ4v) is 5.44. The number of amides is 1. The fraction of sp³-hybridized carbons (Fsp3) is 0.458. The molecule has 0 saturated carbocycles. The van der Waals surface area contributed by atoms with Crippen LogP contribution in [0.15, 0.2) is 53.4 Å². The Bertz CT molecular complexity index is 970. The van der Waals surface area contributed by atoms with E-state index in [1.807, 2.05) is 18.2 Å². The lowest BCUT2D eigenvalue weighted by Gasteiger charge is -2.26. The molecule has 1 N–H and O–H groups in total. The Morgan fingerprint density at radius 1 is 1.10 bits per heavy atom. The molecule has 3 rings (SSSR count). The molecule has 1 aliphatic rings. The highest BCUT2D eigenvalue weighted by atomic mass is 32.2. The van der Waals surface area contributed by atoms with Crippen molar-refractivity contribution >= 4 is 15.9 Å². The highest BCUT2D eigenvalue weighted by Gasteiger charge is 2.26. The second-order valence-electron chi connectivity index (χ2n) is 8.05. The van der Waals surface area contributed by atoms with Crippen LogP contribution in [0, 0.1) is 0 Å². The van der Waals surface area contributed by atoms with E-state index in [9.17, 15) is 13.2 Å². The van der Waals surface area contributed by atoms with Crippen molar-refractivity contribution in [3.63, 3.8) is 0 Å². The van der Waals surface area contributed by atoms with Crippen LogP contribution in [0.2, 0.25) is 0 Å². The molecule has 1 saturated heterocycles. The number of nitrogens with one attached hydrogen (secondary N) is 1. The number of nitrogens with zero attached hydrogens (tertiary/aromatic N) is 1. The lowest BCUT2D eigenvalue weighted by atomic mass is 10.0. The average Bonchev–Trinajstić information content (AvgIpc) is 2.82. The van der Waals surface area contributed by atoms with Crippen molar-refractivity contribution < 1.29 is 17.9 Å². The maximum absolute atomic E-state index is 13.0. The fourth-order valence-electron chi connectivity index (χ4n) is 3.87. The first kappa shape index (κ1) is 23.3. The molecule has 31 heavy (non-hydrogen) atoms. The van der Waals surface area contributed by atoms with Crippen molar-refractivity contribution in [2.75, 3.05) is 26.7 Å². The van der Waals surface area contributed by atoms with Gasteiger partial charge >= 0.3 is 0 Å². The van der Waals surface area contributed by atoms with Crippen LogP contribution in [0.4, 0.5) is 0 Å². The maximum atomic E-state index is 13.0. The van der Waals surface area contributed by atoms with Crippen LogP contribution in [0.1, 0.15) is 49.7 Å². The van der Waals surface area contributed by atoms with E-state index >= 15 is 0 Å². The summed E-state index contributed by atoms with van der Waals surface area (Å²) in [5.41, 5.74) is 1.91. The molecule has 7 heteroatoms. The molecular weight excluding hydrogens is 412 g/mol. The van der Waals surface area contributed by atoms with Gasteiger partial charge in [0.25, 0.3) is 0 Å². The van der Waals surface area contributed by atoms with Gasteiger partial charge in [0.15, 0.2) is 0 Å². The summed E-state index contributed by atoms with van der Waals surface area (Å²) in [5, 5.41) is 2.98. The number of sulfonamides is 1. The van der Waals surface area contributed by atoms with E-state index < -0.39 is 10.0 Å². The highest BCUT2D eigenvalue weighted by molar-refractivity contribution is 7.89. The number of aryl methyl sites for hydroxylation is 1. The van der Waals surface area contributed by atoms with Crippen molar-refractivity contribution in [2.24, 2.45) is 0 Å². The van der Waals surface area contributed by atoms with Crippen LogP contribution in [-0.2, 0) is 21.2 Å². The van der Waals surface area contributed by atoms with Gasteiger partial charge in [-0.1, -0.05) is 43.7 Å². The van der Waals surface area contributed by atoms with Gasteiger partial charge in [0.2, 0.25) is 15.9 Å². The first-order chi connectivity index (χ1) is 14.9. The van der Waals surface area contributed by atoms with Gasteiger partial charge in [0.1, 0.15) is 5.75 Å². The van der Waals surface area contributed by atoms with E-state index in [4.69, 9.17) is 4.74 Å². The van der Waals surface area contributed by atoms with Crippen molar-refractivity contribution in [1.82, 2.24) is 9.62 Å². The SMILES string of the molecule is COc1ccc(S(=O)(=O)N2CCCCC2)cc1CCC(=O)NCC(C)c1ccccc1. The van der Waals surface area contributed by atoms with Gasteiger partial charge < -0.3 is 10.1 Å². The monoisotopic (exact) mass is 444 g/mol. The number of methoxy groups -OCH3 is 1. The van der Waals surface area contributed by atoms with Gasteiger partial charge in [-0.2, -0.15) is 4.31 Å². The van der Waals surface area contributed by atoms with Crippen LogP contribution in [-0.4, -0.2) is 45.4 Å². The summed E-state index contributed by atoms with van der Waals surface area (Å²) in [6, 6.07) is 15.0. The quantitative estimate of drug-likeness (QED) is 0.640. The van der Waals surface area contributed by atoms with E-state index in [1.165, 1.54) is 5.56 Å². The predicted molar refractivity (Wildman–Crippen MR) is 122 cm³/mol. The van der Waals surface area contributed by atoms with Gasteiger partial charge in [0.05, 0.1) is 12.0 Å². The van der Waals surface area contributed by atoms with E-state index in [0.717, 1.165) is 24.8 Å². The van der Waals surface area contributed by atoms with Crippen molar-refractivity contribution in [3.8, 4) is 5.75 Å². The van der Waals surface area contributed by atoms with Gasteiger partial charge in [-0.15, -0.1) is 0 Å². The first-order valence-electron chi connectivity index (χ1n) is 10.9. The zero-order chi connectivity index (χ0) is 22.3. The Morgan fingerprint density at radius 3 is 2.48 bits per heavy atom. The zero-order valence-corrected chi connectivity index (χ0v) is 19.2. The van der Waals surface area contributed by atoms with E-state index in [2.05, 4.69) is 24.4 Å². The van der Waals surface area contributed by atoms with Crippen molar-refractivity contribution in [1.29, 1.82) is 0 Å². The number of carbonyl (C=O) groups excluding carboxylic acids is 1. The first-order valence-corrected chi connectivity index (χ1v) is 12.3. The van der Waals surface area contributed by atoms with Crippen LogP contribution < -0.4 is 10.1 Å². The third-order valence-corrected chi connectivity index (χ3v) is 7.69.